The first kappa shape index (κ1) is 18.3. The number of benzene rings is 2. The molecule has 0 aliphatic rings. The molecule has 0 fully saturated rings. The van der Waals surface area contributed by atoms with Crippen molar-refractivity contribution in [2.75, 3.05) is 7.11 Å². The molecule has 130 valence electrons. The molecule has 0 aliphatic carbocycles. The lowest BCUT2D eigenvalue weighted by Crippen LogP contribution is -2.41. The van der Waals surface area contributed by atoms with E-state index in [0.29, 0.717) is 0 Å². The van der Waals surface area contributed by atoms with Crippen LogP contribution in [0.3, 0.4) is 0 Å². The second-order valence-corrected chi connectivity index (χ2v) is 5.46. The van der Waals surface area contributed by atoms with Crippen molar-refractivity contribution in [2.24, 2.45) is 0 Å². The topological polar surface area (TPSA) is 64.6 Å². The van der Waals surface area contributed by atoms with Crippen LogP contribution >= 0.6 is 0 Å². The molecular formula is C20H21NO4. The molecule has 5 heteroatoms. The van der Waals surface area contributed by atoms with Gasteiger partial charge in [0.25, 0.3) is 0 Å². The van der Waals surface area contributed by atoms with Crippen LogP contribution in [-0.4, -0.2) is 25.2 Å². The summed E-state index contributed by atoms with van der Waals surface area (Å²) >= 11 is 0. The molecule has 1 unspecified atom stereocenters. The number of hydrogen-bond donors (Lipinski definition) is 1. The predicted octanol–water partition coefficient (Wildman–Crippen LogP) is 3.56. The monoisotopic (exact) mass is 339 g/mol. The van der Waals surface area contributed by atoms with Crippen LogP contribution in [0.25, 0.3) is 5.57 Å². The van der Waals surface area contributed by atoms with Gasteiger partial charge in [0.2, 0.25) is 0 Å². The van der Waals surface area contributed by atoms with Gasteiger partial charge in [-0.2, -0.15) is 0 Å². The minimum Gasteiger partial charge on any atom is -0.467 e. The number of alkyl carbamates (subject to hydrolysis) is 1. The highest BCUT2D eigenvalue weighted by molar-refractivity contribution is 5.83. The van der Waals surface area contributed by atoms with Crippen molar-refractivity contribution >= 4 is 17.6 Å². The van der Waals surface area contributed by atoms with Crippen molar-refractivity contribution in [3.05, 3.63) is 78.4 Å². The maximum atomic E-state index is 12.0. The van der Waals surface area contributed by atoms with Crippen LogP contribution in [0.1, 0.15) is 17.5 Å². The minimum atomic E-state index is -0.860. The average molecular weight is 339 g/mol. The Morgan fingerprint density at radius 3 is 2.24 bits per heavy atom. The summed E-state index contributed by atoms with van der Waals surface area (Å²) < 4.78 is 9.92. The maximum Gasteiger partial charge on any atom is 0.408 e. The second-order valence-electron chi connectivity index (χ2n) is 5.46. The molecule has 0 saturated heterocycles. The zero-order valence-electron chi connectivity index (χ0n) is 14.1. The lowest BCUT2D eigenvalue weighted by atomic mass is 10.0. The Hall–Kier alpha value is -3.08. The van der Waals surface area contributed by atoms with Crippen molar-refractivity contribution < 1.29 is 19.1 Å². The van der Waals surface area contributed by atoms with E-state index in [-0.39, 0.29) is 13.0 Å². The number of ether oxygens (including phenoxy) is 2. The second kappa shape index (κ2) is 9.27. The Kier molecular flexibility index (Phi) is 6.77. The van der Waals surface area contributed by atoms with E-state index < -0.39 is 18.1 Å². The number of carbonyl (C=O) groups is 2. The van der Waals surface area contributed by atoms with Crippen molar-refractivity contribution in [3.63, 3.8) is 0 Å². The van der Waals surface area contributed by atoms with Crippen LogP contribution in [0, 0.1) is 0 Å². The molecule has 0 heterocycles. The van der Waals surface area contributed by atoms with E-state index in [1.807, 2.05) is 60.7 Å². The van der Waals surface area contributed by atoms with E-state index >= 15 is 0 Å². The number of nitrogens with one attached hydrogen (secondary N) is 1. The van der Waals surface area contributed by atoms with Gasteiger partial charge in [-0.05, 0) is 16.7 Å². The Morgan fingerprint density at radius 2 is 1.64 bits per heavy atom. The lowest BCUT2D eigenvalue weighted by Gasteiger charge is -2.18. The fraction of sp³-hybridized carbons (Fsp3) is 0.200. The summed E-state index contributed by atoms with van der Waals surface area (Å²) in [6, 6.07) is 17.9. The minimum absolute atomic E-state index is 0.125. The fourth-order valence-electron chi connectivity index (χ4n) is 2.28. The third-order valence-corrected chi connectivity index (χ3v) is 3.62. The van der Waals surface area contributed by atoms with Gasteiger partial charge >= 0.3 is 12.1 Å². The van der Waals surface area contributed by atoms with E-state index in [2.05, 4.69) is 11.9 Å². The van der Waals surface area contributed by atoms with Gasteiger partial charge in [-0.3, -0.25) is 0 Å². The first-order valence-corrected chi connectivity index (χ1v) is 7.88. The van der Waals surface area contributed by atoms with Gasteiger partial charge in [-0.1, -0.05) is 67.2 Å². The maximum absolute atomic E-state index is 12.0. The standard InChI is InChI=1S/C20H21NO4/c1-15(17-11-7-4-8-12-17)13-18(19(22)24-2)21-20(23)25-14-16-9-5-3-6-10-16/h3-12,18H,1,13-14H2,2H3,(H,21,23). The summed E-state index contributed by atoms with van der Waals surface area (Å²) in [5.41, 5.74) is 2.48. The molecule has 0 aliphatic heterocycles. The molecule has 2 rings (SSSR count). The molecule has 5 nitrogen and oxygen atoms in total. The third kappa shape index (κ3) is 5.80. The number of amides is 1. The quantitative estimate of drug-likeness (QED) is 0.784. The number of carbonyl (C=O) groups excluding carboxylic acids is 2. The molecule has 0 bridgehead atoms. The van der Waals surface area contributed by atoms with E-state index in [1.54, 1.807) is 0 Å². The van der Waals surface area contributed by atoms with Gasteiger partial charge < -0.3 is 14.8 Å². The molecule has 0 aromatic heterocycles. The van der Waals surface area contributed by atoms with E-state index in [4.69, 9.17) is 9.47 Å². The number of rotatable bonds is 7. The first-order valence-electron chi connectivity index (χ1n) is 7.88. The lowest BCUT2D eigenvalue weighted by molar-refractivity contribution is -0.142. The molecule has 0 saturated carbocycles. The zero-order valence-corrected chi connectivity index (χ0v) is 14.1. The number of hydrogen-bond acceptors (Lipinski definition) is 4. The van der Waals surface area contributed by atoms with E-state index in [9.17, 15) is 9.59 Å². The van der Waals surface area contributed by atoms with Crippen molar-refractivity contribution in [2.45, 2.75) is 19.1 Å². The Labute approximate surface area is 147 Å². The summed E-state index contributed by atoms with van der Waals surface area (Å²) in [5, 5.41) is 2.54. The fourth-order valence-corrected chi connectivity index (χ4v) is 2.28. The number of methoxy groups -OCH3 is 1. The molecular weight excluding hydrogens is 318 g/mol. The van der Waals surface area contributed by atoms with Crippen LogP contribution in [0.15, 0.2) is 67.2 Å². The van der Waals surface area contributed by atoms with E-state index in [0.717, 1.165) is 16.7 Å². The van der Waals surface area contributed by atoms with Gasteiger partial charge in [0.1, 0.15) is 12.6 Å². The molecule has 1 amide bonds. The highest BCUT2D eigenvalue weighted by Crippen LogP contribution is 2.18. The molecule has 0 radical (unpaired) electrons. The van der Waals surface area contributed by atoms with Crippen molar-refractivity contribution in [1.29, 1.82) is 0 Å². The van der Waals surface area contributed by atoms with Gasteiger partial charge in [0, 0.05) is 6.42 Å². The molecule has 2 aromatic carbocycles. The summed E-state index contributed by atoms with van der Waals surface area (Å²) in [5.74, 6) is -0.547. The summed E-state index contributed by atoms with van der Waals surface area (Å²) in [4.78, 5) is 23.9. The summed E-state index contributed by atoms with van der Waals surface area (Å²) in [6.45, 7) is 4.11. The normalized spacial score (nSPS) is 11.2. The van der Waals surface area contributed by atoms with Crippen LogP contribution in [0.5, 0.6) is 0 Å². The zero-order chi connectivity index (χ0) is 18.1. The SMILES string of the molecule is C=C(CC(NC(=O)OCc1ccccc1)C(=O)OC)c1ccccc1. The summed E-state index contributed by atoms with van der Waals surface area (Å²) in [7, 11) is 1.28. The van der Waals surface area contributed by atoms with Gasteiger partial charge in [-0.25, -0.2) is 9.59 Å². The number of esters is 1. The van der Waals surface area contributed by atoms with Crippen LogP contribution in [0.2, 0.25) is 0 Å². The molecule has 2 aromatic rings. The summed E-state index contributed by atoms with van der Waals surface area (Å²) in [6.07, 6.45) is -0.447. The highest BCUT2D eigenvalue weighted by atomic mass is 16.6. The first-order chi connectivity index (χ1) is 12.1. The van der Waals surface area contributed by atoms with E-state index in [1.165, 1.54) is 7.11 Å². The van der Waals surface area contributed by atoms with Crippen LogP contribution in [-0.2, 0) is 20.9 Å². The average Bonchev–Trinajstić information content (AvgIpc) is 2.66. The molecule has 25 heavy (non-hydrogen) atoms. The van der Waals surface area contributed by atoms with Crippen LogP contribution in [0.4, 0.5) is 4.79 Å². The molecule has 1 atom stereocenters. The van der Waals surface area contributed by atoms with Crippen LogP contribution < -0.4 is 5.32 Å². The Morgan fingerprint density at radius 1 is 1.04 bits per heavy atom. The van der Waals surface area contributed by atoms with Gasteiger partial charge in [0.15, 0.2) is 0 Å². The van der Waals surface area contributed by atoms with Crippen molar-refractivity contribution in [1.82, 2.24) is 5.32 Å². The predicted molar refractivity (Wildman–Crippen MR) is 95.7 cm³/mol. The van der Waals surface area contributed by atoms with Crippen molar-refractivity contribution in [3.8, 4) is 0 Å². The Bertz CT molecular complexity index is 713. The van der Waals surface area contributed by atoms with Gasteiger partial charge in [0.05, 0.1) is 7.11 Å². The molecule has 1 N–H and O–H groups in total. The van der Waals surface area contributed by atoms with Gasteiger partial charge in [-0.15, -0.1) is 0 Å². The Balaban J connectivity index is 1.94. The smallest absolute Gasteiger partial charge is 0.408 e. The third-order valence-electron chi connectivity index (χ3n) is 3.62. The highest BCUT2D eigenvalue weighted by Gasteiger charge is 2.23. The largest absolute Gasteiger partial charge is 0.467 e. The molecule has 0 spiro atoms.